The summed E-state index contributed by atoms with van der Waals surface area (Å²) in [5.74, 6) is -0.375. The molecule has 0 saturated heterocycles. The van der Waals surface area contributed by atoms with Crippen LogP contribution in [-0.2, 0) is 0 Å². The van der Waals surface area contributed by atoms with Gasteiger partial charge in [-0.05, 0) is 24.3 Å². The number of furan rings is 1. The predicted octanol–water partition coefficient (Wildman–Crippen LogP) is 2.57. The molecule has 102 valence electrons. The Morgan fingerprint density at radius 3 is 2.52 bits per heavy atom. The van der Waals surface area contributed by atoms with Gasteiger partial charge in [-0.2, -0.15) is 0 Å². The van der Waals surface area contributed by atoms with Crippen molar-refractivity contribution in [3.8, 4) is 11.3 Å². The summed E-state index contributed by atoms with van der Waals surface area (Å²) in [6.07, 6.45) is 0. The largest absolute Gasteiger partial charge is 0.456 e. The summed E-state index contributed by atoms with van der Waals surface area (Å²) in [5.41, 5.74) is 7.88. The van der Waals surface area contributed by atoms with Gasteiger partial charge in [0.15, 0.2) is 0 Å². The van der Waals surface area contributed by atoms with Crippen LogP contribution in [0.5, 0.6) is 0 Å². The Hall–Kier alpha value is -3.08. The molecule has 0 aliphatic carbocycles. The highest BCUT2D eigenvalue weighted by Gasteiger charge is 2.32. The fourth-order valence-corrected chi connectivity index (χ4v) is 2.65. The molecule has 0 unspecified atom stereocenters. The standard InChI is InChI=1S/C16H10N2O3/c17-10-6-5-9(13-14(10)16(20)18-15(13)19)12-7-8-3-1-2-4-11(8)21-12/h1-7H,17H2,(H,18,19,20). The molecule has 21 heavy (non-hydrogen) atoms. The van der Waals surface area contributed by atoms with E-state index in [0.29, 0.717) is 11.3 Å². The van der Waals surface area contributed by atoms with Crippen molar-refractivity contribution in [3.05, 3.63) is 53.6 Å². The van der Waals surface area contributed by atoms with Gasteiger partial charge < -0.3 is 10.2 Å². The molecule has 1 aliphatic heterocycles. The number of hydrogen-bond donors (Lipinski definition) is 2. The highest BCUT2D eigenvalue weighted by atomic mass is 16.3. The van der Waals surface area contributed by atoms with Crippen molar-refractivity contribution in [2.45, 2.75) is 0 Å². The lowest BCUT2D eigenvalue weighted by atomic mass is 9.99. The Morgan fingerprint density at radius 2 is 1.71 bits per heavy atom. The van der Waals surface area contributed by atoms with Crippen molar-refractivity contribution in [2.75, 3.05) is 5.73 Å². The van der Waals surface area contributed by atoms with E-state index in [4.69, 9.17) is 10.2 Å². The first-order chi connectivity index (χ1) is 10.1. The number of imide groups is 1. The van der Waals surface area contributed by atoms with Gasteiger partial charge in [-0.3, -0.25) is 14.9 Å². The van der Waals surface area contributed by atoms with E-state index in [1.807, 2.05) is 30.3 Å². The Kier molecular flexibility index (Phi) is 2.21. The van der Waals surface area contributed by atoms with Gasteiger partial charge in [-0.25, -0.2) is 0 Å². The van der Waals surface area contributed by atoms with Crippen LogP contribution in [0.4, 0.5) is 5.69 Å². The number of nitrogens with two attached hydrogens (primary N) is 1. The quantitative estimate of drug-likeness (QED) is 0.529. The van der Waals surface area contributed by atoms with Crippen LogP contribution < -0.4 is 11.1 Å². The molecule has 2 heterocycles. The summed E-state index contributed by atoms with van der Waals surface area (Å²) in [6, 6.07) is 12.7. The summed E-state index contributed by atoms with van der Waals surface area (Å²) in [4.78, 5) is 23.8. The first-order valence-electron chi connectivity index (χ1n) is 6.42. The number of nitrogens with one attached hydrogen (secondary N) is 1. The fourth-order valence-electron chi connectivity index (χ4n) is 2.65. The van der Waals surface area contributed by atoms with Gasteiger partial charge in [0.05, 0.1) is 11.1 Å². The predicted molar refractivity (Wildman–Crippen MR) is 77.9 cm³/mol. The lowest BCUT2D eigenvalue weighted by molar-refractivity contribution is 0.0880. The molecule has 3 aromatic rings. The average Bonchev–Trinajstić information content (AvgIpc) is 3.01. The van der Waals surface area contributed by atoms with Crippen molar-refractivity contribution < 1.29 is 14.0 Å². The van der Waals surface area contributed by atoms with E-state index in [2.05, 4.69) is 5.32 Å². The second-order valence-corrected chi connectivity index (χ2v) is 4.88. The number of amides is 2. The average molecular weight is 278 g/mol. The number of hydrogen-bond acceptors (Lipinski definition) is 4. The third kappa shape index (κ3) is 1.57. The van der Waals surface area contributed by atoms with Crippen LogP contribution in [0.3, 0.4) is 0 Å². The summed E-state index contributed by atoms with van der Waals surface area (Å²) < 4.78 is 5.77. The monoisotopic (exact) mass is 278 g/mol. The van der Waals surface area contributed by atoms with Crippen LogP contribution in [0.2, 0.25) is 0 Å². The number of fused-ring (bicyclic) bond motifs is 2. The number of carbonyl (C=O) groups excluding carboxylic acids is 2. The Labute approximate surface area is 119 Å². The van der Waals surface area contributed by atoms with Crippen molar-refractivity contribution in [3.63, 3.8) is 0 Å². The smallest absolute Gasteiger partial charge is 0.261 e. The molecule has 0 fully saturated rings. The number of rotatable bonds is 1. The topological polar surface area (TPSA) is 85.3 Å². The van der Waals surface area contributed by atoms with Gasteiger partial charge >= 0.3 is 0 Å². The Balaban J connectivity index is 2.02. The zero-order valence-electron chi connectivity index (χ0n) is 10.8. The lowest BCUT2D eigenvalue weighted by Gasteiger charge is -2.05. The second-order valence-electron chi connectivity index (χ2n) is 4.88. The van der Waals surface area contributed by atoms with E-state index in [1.54, 1.807) is 12.1 Å². The number of carbonyl (C=O) groups is 2. The first-order valence-corrected chi connectivity index (χ1v) is 6.42. The van der Waals surface area contributed by atoms with E-state index in [-0.39, 0.29) is 16.8 Å². The zero-order chi connectivity index (χ0) is 14.6. The molecule has 0 radical (unpaired) electrons. The van der Waals surface area contributed by atoms with Crippen molar-refractivity contribution in [2.24, 2.45) is 0 Å². The minimum atomic E-state index is -0.467. The van der Waals surface area contributed by atoms with Gasteiger partial charge in [-0.15, -0.1) is 0 Å². The van der Waals surface area contributed by atoms with E-state index < -0.39 is 11.8 Å². The molecule has 0 bridgehead atoms. The molecule has 4 rings (SSSR count). The normalized spacial score (nSPS) is 13.5. The van der Waals surface area contributed by atoms with Gasteiger partial charge in [0, 0.05) is 16.6 Å². The van der Waals surface area contributed by atoms with Crippen LogP contribution in [0.15, 0.2) is 46.9 Å². The van der Waals surface area contributed by atoms with Gasteiger partial charge in [0.2, 0.25) is 0 Å². The highest BCUT2D eigenvalue weighted by Crippen LogP contribution is 2.35. The molecule has 3 N–H and O–H groups in total. The fraction of sp³-hybridized carbons (Fsp3) is 0. The summed E-state index contributed by atoms with van der Waals surface area (Å²) in [6.45, 7) is 0. The highest BCUT2D eigenvalue weighted by molar-refractivity contribution is 6.26. The van der Waals surface area contributed by atoms with Gasteiger partial charge in [-0.1, -0.05) is 18.2 Å². The van der Waals surface area contributed by atoms with Gasteiger partial charge in [0.1, 0.15) is 11.3 Å². The van der Waals surface area contributed by atoms with Crippen LogP contribution >= 0.6 is 0 Å². The minimum absolute atomic E-state index is 0.220. The molecule has 2 aromatic carbocycles. The van der Waals surface area contributed by atoms with E-state index in [1.165, 1.54) is 0 Å². The summed E-state index contributed by atoms with van der Waals surface area (Å²) in [7, 11) is 0. The van der Waals surface area contributed by atoms with Crippen LogP contribution in [0.1, 0.15) is 20.7 Å². The molecular formula is C16H10N2O3. The van der Waals surface area contributed by atoms with Crippen molar-refractivity contribution in [1.29, 1.82) is 0 Å². The van der Waals surface area contributed by atoms with Crippen molar-refractivity contribution >= 4 is 28.5 Å². The molecule has 1 aromatic heterocycles. The number of nitrogen functional groups attached to an aromatic ring is 1. The number of anilines is 1. The zero-order valence-corrected chi connectivity index (χ0v) is 10.8. The van der Waals surface area contributed by atoms with E-state index >= 15 is 0 Å². The molecule has 2 amide bonds. The molecule has 0 spiro atoms. The number of para-hydroxylation sites is 1. The Morgan fingerprint density at radius 1 is 0.952 bits per heavy atom. The molecule has 5 heteroatoms. The minimum Gasteiger partial charge on any atom is -0.456 e. The summed E-state index contributed by atoms with van der Waals surface area (Å²) in [5, 5.41) is 3.20. The van der Waals surface area contributed by atoms with Crippen LogP contribution in [0.25, 0.3) is 22.3 Å². The first kappa shape index (κ1) is 11.7. The summed E-state index contributed by atoms with van der Waals surface area (Å²) >= 11 is 0. The molecule has 5 nitrogen and oxygen atoms in total. The Bertz CT molecular complexity index is 891. The molecular weight excluding hydrogens is 268 g/mol. The lowest BCUT2D eigenvalue weighted by Crippen LogP contribution is -2.20. The van der Waals surface area contributed by atoms with Crippen molar-refractivity contribution in [1.82, 2.24) is 5.32 Å². The van der Waals surface area contributed by atoms with E-state index in [0.717, 1.165) is 11.0 Å². The maximum atomic E-state index is 12.0. The maximum absolute atomic E-state index is 12.0. The number of benzene rings is 2. The molecule has 1 aliphatic rings. The van der Waals surface area contributed by atoms with Crippen LogP contribution in [-0.4, -0.2) is 11.8 Å². The second kappa shape index (κ2) is 3.96. The van der Waals surface area contributed by atoms with E-state index in [9.17, 15) is 9.59 Å². The molecule has 0 atom stereocenters. The third-order valence-corrected chi connectivity index (χ3v) is 3.61. The van der Waals surface area contributed by atoms with Crippen LogP contribution in [0, 0.1) is 0 Å². The SMILES string of the molecule is Nc1ccc(-c2cc3ccccc3o2)c2c1C(=O)NC2=O. The van der Waals surface area contributed by atoms with Gasteiger partial charge in [0.25, 0.3) is 11.8 Å². The maximum Gasteiger partial charge on any atom is 0.261 e. The third-order valence-electron chi connectivity index (χ3n) is 3.61. The molecule has 0 saturated carbocycles.